The Kier molecular flexibility index (Phi) is 5.49. The minimum absolute atomic E-state index is 0.193. The first-order valence-corrected chi connectivity index (χ1v) is 8.85. The van der Waals surface area contributed by atoms with Crippen molar-refractivity contribution >= 4 is 39.1 Å². The van der Waals surface area contributed by atoms with Gasteiger partial charge in [-0.05, 0) is 73.2 Å². The number of hydrogen-bond donors (Lipinski definition) is 2. The number of nitrogens with one attached hydrogen (secondary N) is 2. The summed E-state index contributed by atoms with van der Waals surface area (Å²) in [5, 5.41) is 5.67. The molecule has 0 saturated carbocycles. The summed E-state index contributed by atoms with van der Waals surface area (Å²) in [6.07, 6.45) is 0. The average Bonchev–Trinajstić information content (AvgIpc) is 2.63. The molecular formula is C21H17BrN2O2. The molecule has 0 unspecified atom stereocenters. The molecule has 0 saturated heterocycles. The second-order valence-corrected chi connectivity index (χ2v) is 6.78. The SMILES string of the molecule is Cc1cccc(NC(=O)c2ccc(NC(=O)c3ccc(Br)cc3)cc2)c1. The highest BCUT2D eigenvalue weighted by Crippen LogP contribution is 2.16. The molecule has 0 bridgehead atoms. The van der Waals surface area contributed by atoms with Crippen LogP contribution in [0.4, 0.5) is 11.4 Å². The maximum atomic E-state index is 12.3. The van der Waals surface area contributed by atoms with Crippen LogP contribution in [0.15, 0.2) is 77.3 Å². The number of rotatable bonds is 4. The topological polar surface area (TPSA) is 58.2 Å². The monoisotopic (exact) mass is 408 g/mol. The van der Waals surface area contributed by atoms with Crippen molar-refractivity contribution in [1.29, 1.82) is 0 Å². The molecule has 3 aromatic rings. The zero-order valence-electron chi connectivity index (χ0n) is 14.1. The molecule has 0 atom stereocenters. The second kappa shape index (κ2) is 7.97. The molecule has 130 valence electrons. The summed E-state index contributed by atoms with van der Waals surface area (Å²) in [4.78, 5) is 24.5. The van der Waals surface area contributed by atoms with E-state index in [-0.39, 0.29) is 11.8 Å². The lowest BCUT2D eigenvalue weighted by Crippen LogP contribution is -2.13. The van der Waals surface area contributed by atoms with Crippen LogP contribution in [0.1, 0.15) is 26.3 Å². The molecule has 0 fully saturated rings. The molecule has 26 heavy (non-hydrogen) atoms. The smallest absolute Gasteiger partial charge is 0.255 e. The number of amides is 2. The number of carbonyl (C=O) groups is 2. The van der Waals surface area contributed by atoms with E-state index in [1.807, 2.05) is 43.3 Å². The Morgan fingerprint density at radius 1 is 0.731 bits per heavy atom. The lowest BCUT2D eigenvalue weighted by molar-refractivity contribution is 0.102. The van der Waals surface area contributed by atoms with Crippen molar-refractivity contribution in [2.75, 3.05) is 10.6 Å². The summed E-state index contributed by atoms with van der Waals surface area (Å²) in [5.74, 6) is -0.393. The van der Waals surface area contributed by atoms with E-state index < -0.39 is 0 Å². The van der Waals surface area contributed by atoms with Gasteiger partial charge in [0.05, 0.1) is 0 Å². The van der Waals surface area contributed by atoms with Crippen LogP contribution in [0, 0.1) is 6.92 Å². The fourth-order valence-corrected chi connectivity index (χ4v) is 2.70. The van der Waals surface area contributed by atoms with Gasteiger partial charge >= 0.3 is 0 Å². The van der Waals surface area contributed by atoms with Gasteiger partial charge in [-0.3, -0.25) is 9.59 Å². The van der Waals surface area contributed by atoms with E-state index in [9.17, 15) is 9.59 Å². The predicted octanol–water partition coefficient (Wildman–Crippen LogP) is 5.26. The van der Waals surface area contributed by atoms with E-state index in [4.69, 9.17) is 0 Å². The van der Waals surface area contributed by atoms with Gasteiger partial charge in [0.15, 0.2) is 0 Å². The van der Waals surface area contributed by atoms with Crippen molar-refractivity contribution < 1.29 is 9.59 Å². The molecule has 3 rings (SSSR count). The summed E-state index contributed by atoms with van der Waals surface area (Å²) in [6.45, 7) is 1.97. The lowest BCUT2D eigenvalue weighted by atomic mass is 10.1. The molecular weight excluding hydrogens is 392 g/mol. The molecule has 2 amide bonds. The Balaban J connectivity index is 1.65. The van der Waals surface area contributed by atoms with Crippen molar-refractivity contribution in [3.8, 4) is 0 Å². The number of carbonyl (C=O) groups excluding carboxylic acids is 2. The lowest BCUT2D eigenvalue weighted by Gasteiger charge is -2.08. The summed E-state index contributed by atoms with van der Waals surface area (Å²) in [7, 11) is 0. The zero-order valence-corrected chi connectivity index (χ0v) is 15.7. The Morgan fingerprint density at radius 2 is 1.27 bits per heavy atom. The third-order valence-electron chi connectivity index (χ3n) is 3.79. The van der Waals surface area contributed by atoms with Crippen LogP contribution in [0.5, 0.6) is 0 Å². The summed E-state index contributed by atoms with van der Waals surface area (Å²) >= 11 is 3.34. The van der Waals surface area contributed by atoms with Gasteiger partial charge in [-0.25, -0.2) is 0 Å². The minimum atomic E-state index is -0.200. The summed E-state index contributed by atoms with van der Waals surface area (Å²) in [6, 6.07) is 21.5. The highest BCUT2D eigenvalue weighted by atomic mass is 79.9. The molecule has 5 heteroatoms. The Bertz CT molecular complexity index is 935. The molecule has 0 heterocycles. The number of benzene rings is 3. The van der Waals surface area contributed by atoms with Crippen molar-refractivity contribution in [2.24, 2.45) is 0 Å². The number of aryl methyl sites for hydroxylation is 1. The first-order valence-electron chi connectivity index (χ1n) is 8.06. The van der Waals surface area contributed by atoms with Gasteiger partial charge in [0.25, 0.3) is 11.8 Å². The molecule has 2 N–H and O–H groups in total. The van der Waals surface area contributed by atoms with E-state index >= 15 is 0 Å². The molecule has 0 aliphatic heterocycles. The number of halogens is 1. The standard InChI is InChI=1S/C21H17BrN2O2/c1-14-3-2-4-19(13-14)24-21(26)16-7-11-18(12-8-16)23-20(25)15-5-9-17(22)10-6-15/h2-13H,1H3,(H,23,25)(H,24,26). The molecule has 0 spiro atoms. The second-order valence-electron chi connectivity index (χ2n) is 5.86. The normalized spacial score (nSPS) is 10.2. The molecule has 0 aromatic heterocycles. The Hall–Kier alpha value is -2.92. The number of anilines is 2. The van der Waals surface area contributed by atoms with Gasteiger partial charge in [0.1, 0.15) is 0 Å². The fourth-order valence-electron chi connectivity index (χ4n) is 2.44. The van der Waals surface area contributed by atoms with Crippen LogP contribution in [0.3, 0.4) is 0 Å². The van der Waals surface area contributed by atoms with E-state index in [1.54, 1.807) is 36.4 Å². The van der Waals surface area contributed by atoms with Crippen molar-refractivity contribution in [1.82, 2.24) is 0 Å². The maximum absolute atomic E-state index is 12.3. The van der Waals surface area contributed by atoms with Gasteiger partial charge in [-0.15, -0.1) is 0 Å². The van der Waals surface area contributed by atoms with Crippen LogP contribution < -0.4 is 10.6 Å². The van der Waals surface area contributed by atoms with E-state index in [1.165, 1.54) is 0 Å². The van der Waals surface area contributed by atoms with E-state index in [0.29, 0.717) is 16.8 Å². The van der Waals surface area contributed by atoms with Crippen LogP contribution in [0.2, 0.25) is 0 Å². The van der Waals surface area contributed by atoms with E-state index in [0.717, 1.165) is 15.7 Å². The highest BCUT2D eigenvalue weighted by Gasteiger charge is 2.09. The zero-order chi connectivity index (χ0) is 18.5. The predicted molar refractivity (Wildman–Crippen MR) is 108 cm³/mol. The number of hydrogen-bond acceptors (Lipinski definition) is 2. The highest BCUT2D eigenvalue weighted by molar-refractivity contribution is 9.10. The van der Waals surface area contributed by atoms with Crippen molar-refractivity contribution in [3.63, 3.8) is 0 Å². The van der Waals surface area contributed by atoms with Crippen molar-refractivity contribution in [2.45, 2.75) is 6.92 Å². The third-order valence-corrected chi connectivity index (χ3v) is 4.32. The van der Waals surface area contributed by atoms with Crippen LogP contribution in [-0.2, 0) is 0 Å². The van der Waals surface area contributed by atoms with Gasteiger partial charge < -0.3 is 10.6 Å². The minimum Gasteiger partial charge on any atom is -0.322 e. The van der Waals surface area contributed by atoms with E-state index in [2.05, 4.69) is 26.6 Å². The van der Waals surface area contributed by atoms with Crippen LogP contribution in [-0.4, -0.2) is 11.8 Å². The molecule has 0 radical (unpaired) electrons. The van der Waals surface area contributed by atoms with Crippen LogP contribution in [0.25, 0.3) is 0 Å². The first-order chi connectivity index (χ1) is 12.5. The molecule has 0 aliphatic carbocycles. The quantitative estimate of drug-likeness (QED) is 0.618. The van der Waals surface area contributed by atoms with Gasteiger partial charge in [-0.1, -0.05) is 28.1 Å². The third kappa shape index (κ3) is 4.58. The summed E-state index contributed by atoms with van der Waals surface area (Å²) < 4.78 is 0.915. The average molecular weight is 409 g/mol. The van der Waals surface area contributed by atoms with Gasteiger partial charge in [0, 0.05) is 27.0 Å². The molecule has 3 aromatic carbocycles. The Labute approximate surface area is 160 Å². The summed E-state index contributed by atoms with van der Waals surface area (Å²) in [5.41, 5.74) is 3.55. The fraction of sp³-hybridized carbons (Fsp3) is 0.0476. The largest absolute Gasteiger partial charge is 0.322 e. The molecule has 4 nitrogen and oxygen atoms in total. The van der Waals surface area contributed by atoms with Crippen LogP contribution >= 0.6 is 15.9 Å². The maximum Gasteiger partial charge on any atom is 0.255 e. The van der Waals surface area contributed by atoms with Crippen molar-refractivity contribution in [3.05, 3.63) is 94.0 Å². The Morgan fingerprint density at radius 3 is 1.85 bits per heavy atom. The van der Waals surface area contributed by atoms with Gasteiger partial charge in [-0.2, -0.15) is 0 Å². The first kappa shape index (κ1) is 17.9. The van der Waals surface area contributed by atoms with Gasteiger partial charge in [0.2, 0.25) is 0 Å². The molecule has 0 aliphatic rings.